The molecule has 0 amide bonds. The summed E-state index contributed by atoms with van der Waals surface area (Å²) in [5, 5.41) is 1.28. The zero-order valence-corrected chi connectivity index (χ0v) is 26.1. The van der Waals surface area contributed by atoms with Gasteiger partial charge in [0.1, 0.15) is 11.2 Å². The molecule has 50 heavy (non-hydrogen) atoms. The Morgan fingerprint density at radius 2 is 1.16 bits per heavy atom. The Morgan fingerprint density at radius 3 is 2.04 bits per heavy atom. The molecule has 0 radical (unpaired) electrons. The van der Waals surface area contributed by atoms with Crippen molar-refractivity contribution in [3.8, 4) is 50.7 Å². The van der Waals surface area contributed by atoms with E-state index in [-0.39, 0.29) is 38.9 Å². The van der Waals surface area contributed by atoms with Gasteiger partial charge in [0.15, 0.2) is 5.82 Å². The average Bonchev–Trinajstić information content (AvgIpc) is 3.84. The van der Waals surface area contributed by atoms with Gasteiger partial charge in [-0.05, 0) is 59.6 Å². The number of rotatable bonds is 5. The van der Waals surface area contributed by atoms with Gasteiger partial charge < -0.3 is 8.98 Å². The first-order valence-corrected chi connectivity index (χ1v) is 15.8. The molecule has 3 aromatic heterocycles. The minimum Gasteiger partial charge on any atom is -0.456 e. The van der Waals surface area contributed by atoms with Crippen molar-refractivity contribution in [3.63, 3.8) is 0 Å². The fraction of sp³-hybridized carbons (Fsp3) is 0. The Labute approximate surface area is 305 Å². The molecule has 0 bridgehead atoms. The predicted molar refractivity (Wildman–Crippen MR) is 205 cm³/mol. The van der Waals surface area contributed by atoms with Gasteiger partial charge in [-0.15, -0.1) is 0 Å². The van der Waals surface area contributed by atoms with E-state index >= 15 is 0 Å². The third-order valence-corrected chi connectivity index (χ3v) is 8.83. The van der Waals surface area contributed by atoms with E-state index in [0.717, 1.165) is 26.5 Å². The maximum atomic E-state index is 9.50. The van der Waals surface area contributed by atoms with Crippen LogP contribution in [0.25, 0.3) is 94.5 Å². The number of para-hydroxylation sites is 4. The molecular weight excluding hydrogens is 611 g/mol. The number of furan rings is 1. The molecule has 3 heterocycles. The summed E-state index contributed by atoms with van der Waals surface area (Å²) in [7, 11) is 0. The lowest BCUT2D eigenvalue weighted by Crippen LogP contribution is -1.99. The lowest BCUT2D eigenvalue weighted by Gasteiger charge is -2.13. The van der Waals surface area contributed by atoms with Crippen molar-refractivity contribution < 1.29 is 20.9 Å². The Balaban J connectivity index is 1.35. The second kappa shape index (κ2) is 11.4. The first kappa shape index (κ1) is 18.7. The molecule has 0 atom stereocenters. The molecule has 0 saturated carbocycles. The number of fused-ring (bicyclic) bond motifs is 6. The third kappa shape index (κ3) is 4.61. The molecule has 10 rings (SSSR count). The molecule has 0 aliphatic carbocycles. The van der Waals surface area contributed by atoms with Gasteiger partial charge in [0.05, 0.1) is 38.9 Å². The summed E-state index contributed by atoms with van der Waals surface area (Å²) in [4.78, 5) is 10.0. The highest BCUT2D eigenvalue weighted by Gasteiger charge is 2.19. The van der Waals surface area contributed by atoms with Crippen LogP contribution in [0.15, 0.2) is 180 Å². The van der Waals surface area contributed by atoms with E-state index in [0.29, 0.717) is 28.0 Å². The van der Waals surface area contributed by atoms with Crippen molar-refractivity contribution in [2.45, 2.75) is 0 Å². The topological polar surface area (TPSA) is 43.9 Å². The number of aromatic nitrogens is 3. The van der Waals surface area contributed by atoms with Crippen LogP contribution in [0.2, 0.25) is 0 Å². The minimum atomic E-state index is -0.708. The van der Waals surface area contributed by atoms with E-state index < -0.39 is 78.2 Å². The molecule has 10 aromatic rings. The summed E-state index contributed by atoms with van der Waals surface area (Å²) >= 11 is 0. The summed E-state index contributed by atoms with van der Waals surface area (Å²) in [5.41, 5.74) is 3.85. The van der Waals surface area contributed by atoms with Gasteiger partial charge in [0, 0.05) is 43.9 Å². The van der Waals surface area contributed by atoms with Crippen molar-refractivity contribution in [2.75, 3.05) is 0 Å². The zero-order chi connectivity index (χ0) is 43.5. The van der Waals surface area contributed by atoms with Crippen LogP contribution < -0.4 is 0 Å². The Bertz CT molecular complexity index is 3520. The van der Waals surface area contributed by atoms with Crippen LogP contribution in [0.4, 0.5) is 0 Å². The van der Waals surface area contributed by atoms with E-state index in [9.17, 15) is 2.74 Å². The highest BCUT2D eigenvalue weighted by Crippen LogP contribution is 2.39. The van der Waals surface area contributed by atoms with Crippen LogP contribution in [0, 0.1) is 0 Å². The molecule has 4 heteroatoms. The van der Waals surface area contributed by atoms with E-state index in [2.05, 4.69) is 0 Å². The molecule has 0 N–H and O–H groups in total. The third-order valence-electron chi connectivity index (χ3n) is 8.83. The highest BCUT2D eigenvalue weighted by atomic mass is 16.3. The van der Waals surface area contributed by atoms with E-state index in [1.807, 2.05) is 97.1 Å². The summed E-state index contributed by atoms with van der Waals surface area (Å²) < 4.78 is 114. The number of hydrogen-bond donors (Lipinski definition) is 0. The van der Waals surface area contributed by atoms with Crippen LogP contribution in [0.3, 0.4) is 0 Å². The predicted octanol–water partition coefficient (Wildman–Crippen LogP) is 12.1. The molecule has 0 fully saturated rings. The fourth-order valence-corrected chi connectivity index (χ4v) is 6.51. The SMILES string of the molecule is [2H]c1c([2H])c([2H])c(-n2c3c([2H])c([2H])c([2H])c([2H])c3c3c([2H])c([2H])c([2H])c(-c4cc(-c5ccc6oc7ccccc7c6c5)nc(-c5ccc(-c6ccccc6)cc5)n4)c32)c([2H])c1[2H]. The van der Waals surface area contributed by atoms with Crippen molar-refractivity contribution in [2.24, 2.45) is 0 Å². The van der Waals surface area contributed by atoms with Gasteiger partial charge in [-0.25, -0.2) is 9.97 Å². The lowest BCUT2D eigenvalue weighted by molar-refractivity contribution is 0.669. The van der Waals surface area contributed by atoms with Crippen molar-refractivity contribution >= 4 is 43.7 Å². The molecular formula is C46H29N3O. The molecule has 0 saturated heterocycles. The van der Waals surface area contributed by atoms with Crippen LogP contribution >= 0.6 is 0 Å². The van der Waals surface area contributed by atoms with Gasteiger partial charge in [0.25, 0.3) is 0 Å². The number of nitrogens with zero attached hydrogens (tertiary/aromatic N) is 3. The first-order valence-electron chi connectivity index (χ1n) is 21.8. The quantitative estimate of drug-likeness (QED) is 0.186. The van der Waals surface area contributed by atoms with Gasteiger partial charge in [-0.3, -0.25) is 0 Å². The largest absolute Gasteiger partial charge is 0.456 e. The highest BCUT2D eigenvalue weighted by molar-refractivity contribution is 6.13. The second-order valence-corrected chi connectivity index (χ2v) is 11.7. The van der Waals surface area contributed by atoms with Crippen molar-refractivity contribution in [1.82, 2.24) is 14.5 Å². The molecule has 7 aromatic carbocycles. The van der Waals surface area contributed by atoms with Crippen LogP contribution in [-0.4, -0.2) is 14.5 Å². The molecule has 234 valence electrons. The molecule has 0 aliphatic rings. The number of benzene rings is 7. The van der Waals surface area contributed by atoms with Gasteiger partial charge in [-0.2, -0.15) is 0 Å². The minimum absolute atomic E-state index is 0.0458. The summed E-state index contributed by atoms with van der Waals surface area (Å²) in [6.45, 7) is 0. The monoisotopic (exact) mass is 651 g/mol. The van der Waals surface area contributed by atoms with Gasteiger partial charge in [-0.1, -0.05) is 127 Å². The second-order valence-electron chi connectivity index (χ2n) is 11.7. The summed E-state index contributed by atoms with van der Waals surface area (Å²) in [6, 6.07) is 24.5. The van der Waals surface area contributed by atoms with Crippen LogP contribution in [0.5, 0.6) is 0 Å². The van der Waals surface area contributed by atoms with Crippen molar-refractivity contribution in [1.29, 1.82) is 0 Å². The Hall–Kier alpha value is -6.78. The Kier molecular flexibility index (Phi) is 4.27. The van der Waals surface area contributed by atoms with Crippen LogP contribution in [0.1, 0.15) is 16.4 Å². The zero-order valence-electron chi connectivity index (χ0n) is 38.1. The summed E-state index contributed by atoms with van der Waals surface area (Å²) in [5.74, 6) is 0.206. The van der Waals surface area contributed by atoms with Gasteiger partial charge >= 0.3 is 0 Å². The van der Waals surface area contributed by atoms with E-state index in [4.69, 9.17) is 28.1 Å². The average molecular weight is 652 g/mol. The first-order chi connectivity index (χ1) is 29.8. The molecule has 0 unspecified atom stereocenters. The van der Waals surface area contributed by atoms with E-state index in [1.165, 1.54) is 0 Å². The van der Waals surface area contributed by atoms with Crippen molar-refractivity contribution in [3.05, 3.63) is 176 Å². The van der Waals surface area contributed by atoms with E-state index in [1.54, 1.807) is 6.07 Å². The van der Waals surface area contributed by atoms with Crippen LogP contribution in [-0.2, 0) is 0 Å². The molecule has 0 aliphatic heterocycles. The fourth-order valence-electron chi connectivity index (χ4n) is 6.51. The normalized spacial score (nSPS) is 15.0. The number of hydrogen-bond acceptors (Lipinski definition) is 3. The molecule has 4 nitrogen and oxygen atoms in total. The lowest BCUT2D eigenvalue weighted by atomic mass is 10.0. The Morgan fingerprint density at radius 1 is 0.480 bits per heavy atom. The maximum absolute atomic E-state index is 9.50. The smallest absolute Gasteiger partial charge is 0.160 e. The maximum Gasteiger partial charge on any atom is 0.160 e. The van der Waals surface area contributed by atoms with Gasteiger partial charge in [0.2, 0.25) is 0 Å². The molecule has 0 spiro atoms. The summed E-state index contributed by atoms with van der Waals surface area (Å²) in [6.07, 6.45) is 0. The standard InChI is InChI=1S/C46H29N3O/c1-3-12-30(13-4-1)31-22-24-32(25-23-31)46-47-40(33-26-27-44-39(28-33)36-17-8-10-21-43(36)50-44)29-41(48-46)38-19-11-18-37-35-16-7-9-20-42(35)49(45(37)38)34-14-5-2-6-15-34/h1-29H/i2D,5D,6D,7D,9D,11D,14D,15D,16D,18D,19D,20D.